The van der Waals surface area contributed by atoms with Crippen LogP contribution in [0.5, 0.6) is 0 Å². The highest BCUT2D eigenvalue weighted by molar-refractivity contribution is 5.84. The van der Waals surface area contributed by atoms with Crippen molar-refractivity contribution in [3.63, 3.8) is 0 Å². The van der Waals surface area contributed by atoms with Gasteiger partial charge in [0, 0.05) is 12.3 Å². The van der Waals surface area contributed by atoms with Gasteiger partial charge in [0.25, 0.3) is 0 Å². The standard InChI is InChI=1S/C24H49N/c1-6-7-8-9-12-15-21-25-24(20-16-18-23(4)5)19-14-11-10-13-17-22(2)3/h22-23H,6-21H2,1-5H3. The molecule has 0 unspecified atom stereocenters. The van der Waals surface area contributed by atoms with Gasteiger partial charge in [0.1, 0.15) is 0 Å². The van der Waals surface area contributed by atoms with Crippen molar-refractivity contribution in [1.29, 1.82) is 0 Å². The minimum absolute atomic E-state index is 0.829. The third-order valence-corrected chi connectivity index (χ3v) is 5.09. The Morgan fingerprint density at radius 2 is 1.12 bits per heavy atom. The van der Waals surface area contributed by atoms with Crippen molar-refractivity contribution < 1.29 is 0 Å². The van der Waals surface area contributed by atoms with Gasteiger partial charge in [-0.1, -0.05) is 98.8 Å². The average molecular weight is 352 g/mol. The summed E-state index contributed by atoms with van der Waals surface area (Å²) >= 11 is 0. The molecule has 25 heavy (non-hydrogen) atoms. The lowest BCUT2D eigenvalue weighted by Gasteiger charge is -2.09. The summed E-state index contributed by atoms with van der Waals surface area (Å²) in [6.45, 7) is 12.7. The van der Waals surface area contributed by atoms with Crippen molar-refractivity contribution in [3.05, 3.63) is 0 Å². The van der Waals surface area contributed by atoms with Crippen LogP contribution < -0.4 is 0 Å². The fourth-order valence-electron chi connectivity index (χ4n) is 3.36. The molecular formula is C24H49N. The molecule has 0 heterocycles. The number of nitrogens with zero attached hydrogens (tertiary/aromatic N) is 1. The molecule has 0 saturated carbocycles. The molecule has 0 atom stereocenters. The minimum atomic E-state index is 0.829. The van der Waals surface area contributed by atoms with Crippen LogP contribution in [0.25, 0.3) is 0 Å². The second kappa shape index (κ2) is 18.5. The summed E-state index contributed by atoms with van der Waals surface area (Å²) in [6, 6.07) is 0. The molecule has 0 rings (SSSR count). The highest BCUT2D eigenvalue weighted by atomic mass is 14.7. The van der Waals surface area contributed by atoms with E-state index >= 15 is 0 Å². The van der Waals surface area contributed by atoms with Crippen molar-refractivity contribution in [2.45, 2.75) is 131 Å². The molecule has 150 valence electrons. The lowest BCUT2D eigenvalue weighted by atomic mass is 10.00. The molecule has 0 amide bonds. The number of aliphatic imine (C=N–C) groups is 1. The van der Waals surface area contributed by atoms with Gasteiger partial charge in [-0.15, -0.1) is 0 Å². The van der Waals surface area contributed by atoms with Crippen LogP contribution in [0.1, 0.15) is 131 Å². The van der Waals surface area contributed by atoms with Gasteiger partial charge >= 0.3 is 0 Å². The van der Waals surface area contributed by atoms with Crippen molar-refractivity contribution in [1.82, 2.24) is 0 Å². The van der Waals surface area contributed by atoms with Gasteiger partial charge in [-0.25, -0.2) is 0 Å². The zero-order valence-corrected chi connectivity index (χ0v) is 18.4. The van der Waals surface area contributed by atoms with E-state index in [1.54, 1.807) is 0 Å². The van der Waals surface area contributed by atoms with Crippen LogP contribution in [0.4, 0.5) is 0 Å². The molecule has 1 nitrogen and oxygen atoms in total. The zero-order valence-electron chi connectivity index (χ0n) is 18.4. The maximum atomic E-state index is 5.00. The van der Waals surface area contributed by atoms with Crippen LogP contribution in [0.15, 0.2) is 4.99 Å². The molecule has 0 aromatic rings. The summed E-state index contributed by atoms with van der Waals surface area (Å²) in [5, 5.41) is 0. The molecule has 0 fully saturated rings. The summed E-state index contributed by atoms with van der Waals surface area (Å²) < 4.78 is 0. The molecule has 1 heteroatoms. The normalized spacial score (nSPS) is 12.5. The first kappa shape index (κ1) is 24.7. The maximum absolute atomic E-state index is 5.00. The van der Waals surface area contributed by atoms with E-state index in [2.05, 4.69) is 34.6 Å². The van der Waals surface area contributed by atoms with Crippen molar-refractivity contribution in [2.24, 2.45) is 16.8 Å². The van der Waals surface area contributed by atoms with E-state index in [1.807, 2.05) is 0 Å². The van der Waals surface area contributed by atoms with Crippen LogP contribution in [0.2, 0.25) is 0 Å². The largest absolute Gasteiger partial charge is 0.294 e. The first-order valence-electron chi connectivity index (χ1n) is 11.6. The second-order valence-corrected chi connectivity index (χ2v) is 8.85. The van der Waals surface area contributed by atoms with E-state index in [4.69, 9.17) is 4.99 Å². The Balaban J connectivity index is 3.93. The number of rotatable bonds is 18. The first-order chi connectivity index (χ1) is 12.1. The van der Waals surface area contributed by atoms with Crippen molar-refractivity contribution in [3.8, 4) is 0 Å². The predicted octanol–water partition coefficient (Wildman–Crippen LogP) is 8.61. The Kier molecular flexibility index (Phi) is 18.2. The Bertz CT molecular complexity index is 290. The van der Waals surface area contributed by atoms with Crippen LogP contribution in [-0.4, -0.2) is 12.3 Å². The maximum Gasteiger partial charge on any atom is 0.0388 e. The Morgan fingerprint density at radius 3 is 1.80 bits per heavy atom. The lowest BCUT2D eigenvalue weighted by molar-refractivity contribution is 0.521. The smallest absolute Gasteiger partial charge is 0.0388 e. The molecule has 0 aliphatic heterocycles. The van der Waals surface area contributed by atoms with E-state index in [-0.39, 0.29) is 0 Å². The molecule has 0 saturated heterocycles. The average Bonchev–Trinajstić information content (AvgIpc) is 2.55. The Hall–Kier alpha value is -0.330. The van der Waals surface area contributed by atoms with E-state index < -0.39 is 0 Å². The quantitative estimate of drug-likeness (QED) is 0.173. The minimum Gasteiger partial charge on any atom is -0.294 e. The number of unbranched alkanes of at least 4 members (excludes halogenated alkanes) is 8. The SMILES string of the molecule is CCCCCCCCN=C(CCCCCCC(C)C)CCCC(C)C. The Labute approximate surface area is 160 Å². The summed E-state index contributed by atoms with van der Waals surface area (Å²) in [5.74, 6) is 1.70. The van der Waals surface area contributed by atoms with Gasteiger partial charge in [-0.2, -0.15) is 0 Å². The summed E-state index contributed by atoms with van der Waals surface area (Å²) in [6.07, 6.45) is 20.4. The van der Waals surface area contributed by atoms with E-state index in [0.29, 0.717) is 0 Å². The van der Waals surface area contributed by atoms with Crippen LogP contribution in [-0.2, 0) is 0 Å². The highest BCUT2D eigenvalue weighted by Crippen LogP contribution is 2.14. The van der Waals surface area contributed by atoms with Crippen LogP contribution in [0.3, 0.4) is 0 Å². The molecule has 0 aliphatic rings. The fraction of sp³-hybridized carbons (Fsp3) is 0.958. The summed E-state index contributed by atoms with van der Waals surface area (Å²) in [4.78, 5) is 5.00. The second-order valence-electron chi connectivity index (χ2n) is 8.85. The summed E-state index contributed by atoms with van der Waals surface area (Å²) in [5.41, 5.74) is 1.53. The number of hydrogen-bond donors (Lipinski definition) is 0. The molecule has 0 aromatic carbocycles. The van der Waals surface area contributed by atoms with Crippen LogP contribution in [0, 0.1) is 11.8 Å². The van der Waals surface area contributed by atoms with Crippen molar-refractivity contribution in [2.75, 3.05) is 6.54 Å². The molecule has 0 bridgehead atoms. The van der Waals surface area contributed by atoms with E-state index in [0.717, 1.165) is 18.4 Å². The summed E-state index contributed by atoms with van der Waals surface area (Å²) in [7, 11) is 0. The van der Waals surface area contributed by atoms with Gasteiger partial charge < -0.3 is 0 Å². The van der Waals surface area contributed by atoms with Gasteiger partial charge in [0.2, 0.25) is 0 Å². The van der Waals surface area contributed by atoms with Gasteiger partial charge in [0.05, 0.1) is 0 Å². The van der Waals surface area contributed by atoms with Gasteiger partial charge in [0.15, 0.2) is 0 Å². The lowest BCUT2D eigenvalue weighted by Crippen LogP contribution is -2.02. The van der Waals surface area contributed by atoms with Gasteiger partial charge in [-0.05, 0) is 43.9 Å². The highest BCUT2D eigenvalue weighted by Gasteiger charge is 2.03. The molecule has 0 aromatic heterocycles. The molecular weight excluding hydrogens is 302 g/mol. The molecule has 0 radical (unpaired) electrons. The van der Waals surface area contributed by atoms with Gasteiger partial charge in [-0.3, -0.25) is 4.99 Å². The number of hydrogen-bond acceptors (Lipinski definition) is 1. The van der Waals surface area contributed by atoms with E-state index in [1.165, 1.54) is 102 Å². The first-order valence-corrected chi connectivity index (χ1v) is 11.6. The van der Waals surface area contributed by atoms with Crippen LogP contribution >= 0.6 is 0 Å². The third-order valence-electron chi connectivity index (χ3n) is 5.09. The third kappa shape index (κ3) is 19.8. The fourth-order valence-corrected chi connectivity index (χ4v) is 3.36. The molecule has 0 aliphatic carbocycles. The van der Waals surface area contributed by atoms with Crippen molar-refractivity contribution >= 4 is 5.71 Å². The molecule has 0 spiro atoms. The monoisotopic (exact) mass is 351 g/mol. The predicted molar refractivity (Wildman–Crippen MR) is 117 cm³/mol. The Morgan fingerprint density at radius 1 is 0.600 bits per heavy atom. The topological polar surface area (TPSA) is 12.4 Å². The zero-order chi connectivity index (χ0) is 18.8. The van der Waals surface area contributed by atoms with E-state index in [9.17, 15) is 0 Å². The molecule has 0 N–H and O–H groups in total.